The first-order chi connectivity index (χ1) is 13.5. The molecule has 7 nitrogen and oxygen atoms in total. The highest BCUT2D eigenvalue weighted by Crippen LogP contribution is 2.21. The van der Waals surface area contributed by atoms with Crippen LogP contribution < -0.4 is 15.8 Å². The molecule has 1 aromatic heterocycles. The molecule has 2 aromatic rings. The Labute approximate surface area is 165 Å². The Morgan fingerprint density at radius 1 is 1.18 bits per heavy atom. The lowest BCUT2D eigenvalue weighted by Gasteiger charge is -2.38. The molecule has 2 aliphatic heterocycles. The molecule has 1 aromatic carbocycles. The molecule has 1 atom stereocenters. The molecule has 4 rings (SSSR count). The standard InChI is InChI=1S/C21H29N5O2/c1-15(2)26-14-22-19-12-17(6-7-18(19)21(26)28)25-10-8-24(9-11-25)13-16-4-3-5-20(27)23-16/h6-7,12,14-16H,3-5,8-11,13H2,1-2H3,(H,23,27). The summed E-state index contributed by atoms with van der Waals surface area (Å²) < 4.78 is 1.67. The number of nitrogens with zero attached hydrogens (tertiary/aromatic N) is 4. The molecule has 7 heteroatoms. The van der Waals surface area contributed by atoms with Gasteiger partial charge in [0.25, 0.3) is 5.56 Å². The maximum absolute atomic E-state index is 12.6. The second-order valence-corrected chi connectivity index (χ2v) is 8.20. The Morgan fingerprint density at radius 2 is 1.96 bits per heavy atom. The van der Waals surface area contributed by atoms with Gasteiger partial charge in [0.2, 0.25) is 5.91 Å². The summed E-state index contributed by atoms with van der Waals surface area (Å²) in [7, 11) is 0. The average Bonchev–Trinajstić information content (AvgIpc) is 2.68. The zero-order valence-electron chi connectivity index (χ0n) is 16.7. The normalized spacial score (nSPS) is 21.3. The number of anilines is 1. The molecular formula is C21H29N5O2. The largest absolute Gasteiger partial charge is 0.369 e. The van der Waals surface area contributed by atoms with E-state index in [0.29, 0.717) is 17.8 Å². The van der Waals surface area contributed by atoms with Crippen LogP contribution >= 0.6 is 0 Å². The summed E-state index contributed by atoms with van der Waals surface area (Å²) in [6, 6.07) is 6.36. The van der Waals surface area contributed by atoms with Crippen LogP contribution in [0.3, 0.4) is 0 Å². The van der Waals surface area contributed by atoms with Gasteiger partial charge in [-0.3, -0.25) is 19.1 Å². The molecule has 0 aliphatic carbocycles. The van der Waals surface area contributed by atoms with Crippen LogP contribution in [0, 0.1) is 0 Å². The predicted octanol–water partition coefficient (Wildman–Crippen LogP) is 1.77. The van der Waals surface area contributed by atoms with E-state index in [2.05, 4.69) is 20.1 Å². The van der Waals surface area contributed by atoms with Crippen LogP contribution in [0.1, 0.15) is 39.2 Å². The maximum Gasteiger partial charge on any atom is 0.261 e. The lowest BCUT2D eigenvalue weighted by Crippen LogP contribution is -2.52. The Hall–Kier alpha value is -2.41. The summed E-state index contributed by atoms with van der Waals surface area (Å²) in [5.74, 6) is 0.190. The molecule has 28 heavy (non-hydrogen) atoms. The van der Waals surface area contributed by atoms with E-state index >= 15 is 0 Å². The van der Waals surface area contributed by atoms with E-state index in [9.17, 15) is 9.59 Å². The highest BCUT2D eigenvalue weighted by atomic mass is 16.1. The van der Waals surface area contributed by atoms with Crippen LogP contribution in [0.4, 0.5) is 5.69 Å². The van der Waals surface area contributed by atoms with Gasteiger partial charge in [-0.1, -0.05) is 0 Å². The third-order valence-electron chi connectivity index (χ3n) is 5.86. The van der Waals surface area contributed by atoms with E-state index in [1.165, 1.54) is 0 Å². The van der Waals surface area contributed by atoms with Crippen LogP contribution in [0.15, 0.2) is 29.3 Å². The number of hydrogen-bond donors (Lipinski definition) is 1. The second kappa shape index (κ2) is 7.91. The van der Waals surface area contributed by atoms with Gasteiger partial charge in [-0.05, 0) is 44.9 Å². The lowest BCUT2D eigenvalue weighted by molar-refractivity contribution is -0.123. The second-order valence-electron chi connectivity index (χ2n) is 8.20. The number of amides is 1. The zero-order chi connectivity index (χ0) is 19.7. The molecule has 2 saturated heterocycles. The van der Waals surface area contributed by atoms with Gasteiger partial charge in [0.1, 0.15) is 0 Å². The first kappa shape index (κ1) is 18.9. The number of carbonyl (C=O) groups excluding carboxylic acids is 1. The number of aromatic nitrogens is 2. The number of rotatable bonds is 4. The van der Waals surface area contributed by atoms with Crippen molar-refractivity contribution in [3.63, 3.8) is 0 Å². The van der Waals surface area contributed by atoms with Gasteiger partial charge in [-0.25, -0.2) is 4.98 Å². The minimum absolute atomic E-state index is 0.0194. The molecule has 0 bridgehead atoms. The third-order valence-corrected chi connectivity index (χ3v) is 5.86. The van der Waals surface area contributed by atoms with Gasteiger partial charge in [-0.15, -0.1) is 0 Å². The van der Waals surface area contributed by atoms with E-state index in [0.717, 1.165) is 56.8 Å². The molecule has 0 saturated carbocycles. The number of piperazine rings is 1. The highest BCUT2D eigenvalue weighted by molar-refractivity contribution is 5.81. The highest BCUT2D eigenvalue weighted by Gasteiger charge is 2.24. The van der Waals surface area contributed by atoms with Crippen molar-refractivity contribution < 1.29 is 4.79 Å². The minimum atomic E-state index is 0.0194. The van der Waals surface area contributed by atoms with Crippen molar-refractivity contribution in [2.75, 3.05) is 37.6 Å². The molecule has 0 radical (unpaired) electrons. The fourth-order valence-electron chi connectivity index (χ4n) is 4.21. The van der Waals surface area contributed by atoms with Crippen molar-refractivity contribution in [3.05, 3.63) is 34.9 Å². The van der Waals surface area contributed by atoms with Crippen LogP contribution in [0.2, 0.25) is 0 Å². The van der Waals surface area contributed by atoms with E-state index < -0.39 is 0 Å². The quantitative estimate of drug-likeness (QED) is 0.871. The van der Waals surface area contributed by atoms with Crippen molar-refractivity contribution in [2.45, 2.75) is 45.2 Å². The van der Waals surface area contributed by atoms with Crippen molar-refractivity contribution in [2.24, 2.45) is 0 Å². The average molecular weight is 383 g/mol. The number of carbonyl (C=O) groups is 1. The minimum Gasteiger partial charge on any atom is -0.369 e. The van der Waals surface area contributed by atoms with Gasteiger partial charge in [-0.2, -0.15) is 0 Å². The predicted molar refractivity (Wildman–Crippen MR) is 111 cm³/mol. The third kappa shape index (κ3) is 3.90. The summed E-state index contributed by atoms with van der Waals surface area (Å²) in [6.07, 6.45) is 4.40. The fourth-order valence-corrected chi connectivity index (χ4v) is 4.21. The monoisotopic (exact) mass is 383 g/mol. The molecular weight excluding hydrogens is 354 g/mol. The van der Waals surface area contributed by atoms with Crippen molar-refractivity contribution in [3.8, 4) is 0 Å². The molecule has 150 valence electrons. The molecule has 2 aliphatic rings. The number of fused-ring (bicyclic) bond motifs is 1. The summed E-state index contributed by atoms with van der Waals surface area (Å²) in [6.45, 7) is 8.75. The fraction of sp³-hybridized carbons (Fsp3) is 0.571. The van der Waals surface area contributed by atoms with Crippen molar-refractivity contribution >= 4 is 22.5 Å². The molecule has 3 heterocycles. The lowest BCUT2D eigenvalue weighted by atomic mass is 10.0. The van der Waals surface area contributed by atoms with Gasteiger partial charge < -0.3 is 10.2 Å². The molecule has 0 spiro atoms. The molecule has 1 N–H and O–H groups in total. The van der Waals surface area contributed by atoms with Crippen LogP contribution in [-0.2, 0) is 4.79 Å². The Balaban J connectivity index is 1.41. The van der Waals surface area contributed by atoms with Crippen LogP contribution in [0.5, 0.6) is 0 Å². The molecule has 1 amide bonds. The number of piperidine rings is 1. The van der Waals surface area contributed by atoms with E-state index in [1.807, 2.05) is 32.0 Å². The van der Waals surface area contributed by atoms with Gasteiger partial charge >= 0.3 is 0 Å². The Kier molecular flexibility index (Phi) is 5.35. The van der Waals surface area contributed by atoms with Crippen molar-refractivity contribution in [1.29, 1.82) is 0 Å². The first-order valence-electron chi connectivity index (χ1n) is 10.3. The topological polar surface area (TPSA) is 70.5 Å². The summed E-state index contributed by atoms with van der Waals surface area (Å²) in [4.78, 5) is 33.5. The SMILES string of the molecule is CC(C)n1cnc2cc(N3CCN(CC4CCCC(=O)N4)CC3)ccc2c1=O. The summed E-state index contributed by atoms with van der Waals surface area (Å²) >= 11 is 0. The van der Waals surface area contributed by atoms with Crippen molar-refractivity contribution in [1.82, 2.24) is 19.8 Å². The zero-order valence-corrected chi connectivity index (χ0v) is 16.7. The van der Waals surface area contributed by atoms with Gasteiger partial charge in [0, 0.05) is 56.9 Å². The van der Waals surface area contributed by atoms with Crippen LogP contribution in [-0.4, -0.2) is 59.1 Å². The molecule has 1 unspecified atom stereocenters. The van der Waals surface area contributed by atoms with Crippen LogP contribution in [0.25, 0.3) is 10.9 Å². The summed E-state index contributed by atoms with van der Waals surface area (Å²) in [5, 5.41) is 3.78. The first-order valence-corrected chi connectivity index (χ1v) is 10.3. The number of hydrogen-bond acceptors (Lipinski definition) is 5. The smallest absolute Gasteiger partial charge is 0.261 e. The molecule has 2 fully saturated rings. The number of benzene rings is 1. The Morgan fingerprint density at radius 3 is 2.68 bits per heavy atom. The van der Waals surface area contributed by atoms with E-state index in [-0.39, 0.29) is 17.5 Å². The van der Waals surface area contributed by atoms with Gasteiger partial charge in [0.15, 0.2) is 0 Å². The maximum atomic E-state index is 12.6. The summed E-state index contributed by atoms with van der Waals surface area (Å²) in [5.41, 5.74) is 1.89. The number of nitrogens with one attached hydrogen (secondary N) is 1. The Bertz CT molecular complexity index is 915. The van der Waals surface area contributed by atoms with Gasteiger partial charge in [0.05, 0.1) is 17.2 Å². The van der Waals surface area contributed by atoms with E-state index in [4.69, 9.17) is 0 Å². The van der Waals surface area contributed by atoms with E-state index in [1.54, 1.807) is 10.9 Å².